The first-order valence-corrected chi connectivity index (χ1v) is 4.75. The molecule has 0 bridgehead atoms. The van der Waals surface area contributed by atoms with E-state index < -0.39 is 11.7 Å². The van der Waals surface area contributed by atoms with Crippen molar-refractivity contribution < 1.29 is 9.18 Å². The van der Waals surface area contributed by atoms with Gasteiger partial charge in [0.1, 0.15) is 5.82 Å². The van der Waals surface area contributed by atoms with Crippen LogP contribution in [-0.4, -0.2) is 11.9 Å². The molecule has 1 aromatic rings. The third-order valence-corrected chi connectivity index (χ3v) is 1.89. The van der Waals surface area contributed by atoms with E-state index >= 15 is 0 Å². The van der Waals surface area contributed by atoms with Gasteiger partial charge in [-0.25, -0.2) is 4.39 Å². The molecule has 0 aliphatic rings. The molecule has 0 saturated heterocycles. The van der Waals surface area contributed by atoms with E-state index in [1.807, 2.05) is 13.8 Å². The second kappa shape index (κ2) is 4.46. The minimum Gasteiger partial charge on any atom is -0.350 e. The van der Waals surface area contributed by atoms with Crippen molar-refractivity contribution in [2.45, 2.75) is 24.8 Å². The van der Waals surface area contributed by atoms with Crippen molar-refractivity contribution in [2.24, 2.45) is 0 Å². The highest BCUT2D eigenvalue weighted by atomic mass is 32.1. The number of benzene rings is 1. The molecule has 0 atom stereocenters. The van der Waals surface area contributed by atoms with Crippen LogP contribution in [0.4, 0.5) is 4.39 Å². The standard InChI is InChI=1S/C10H12FNOS/c1-6(2)12-10(13)8-5-7(14)3-4-9(8)11/h3-6,14H,1-2H3,(H,12,13). The van der Waals surface area contributed by atoms with E-state index in [-0.39, 0.29) is 11.6 Å². The van der Waals surface area contributed by atoms with Gasteiger partial charge in [-0.05, 0) is 32.0 Å². The van der Waals surface area contributed by atoms with Gasteiger partial charge in [-0.3, -0.25) is 4.79 Å². The molecule has 1 N–H and O–H groups in total. The highest BCUT2D eigenvalue weighted by molar-refractivity contribution is 7.80. The summed E-state index contributed by atoms with van der Waals surface area (Å²) in [6.07, 6.45) is 0. The van der Waals surface area contributed by atoms with Crippen molar-refractivity contribution in [2.75, 3.05) is 0 Å². The molecule has 0 saturated carbocycles. The van der Waals surface area contributed by atoms with Crippen molar-refractivity contribution in [1.29, 1.82) is 0 Å². The number of thiol groups is 1. The van der Waals surface area contributed by atoms with Gasteiger partial charge < -0.3 is 5.32 Å². The highest BCUT2D eigenvalue weighted by Crippen LogP contribution is 2.13. The molecule has 0 aliphatic heterocycles. The predicted molar refractivity (Wildman–Crippen MR) is 56.3 cm³/mol. The van der Waals surface area contributed by atoms with Crippen LogP contribution in [0.2, 0.25) is 0 Å². The third kappa shape index (κ3) is 2.73. The van der Waals surface area contributed by atoms with Crippen LogP contribution in [0.15, 0.2) is 23.1 Å². The summed E-state index contributed by atoms with van der Waals surface area (Å²) in [6.45, 7) is 3.64. The summed E-state index contributed by atoms with van der Waals surface area (Å²) >= 11 is 4.04. The second-order valence-corrected chi connectivity index (χ2v) is 3.81. The van der Waals surface area contributed by atoms with E-state index in [1.54, 1.807) is 0 Å². The Morgan fingerprint density at radius 1 is 1.50 bits per heavy atom. The fraction of sp³-hybridized carbons (Fsp3) is 0.300. The molecule has 1 amide bonds. The maximum atomic E-state index is 13.2. The van der Waals surface area contributed by atoms with Gasteiger partial charge in [0.15, 0.2) is 0 Å². The number of rotatable bonds is 2. The molecule has 4 heteroatoms. The van der Waals surface area contributed by atoms with Crippen LogP contribution in [0.1, 0.15) is 24.2 Å². The smallest absolute Gasteiger partial charge is 0.254 e. The van der Waals surface area contributed by atoms with Crippen LogP contribution in [-0.2, 0) is 0 Å². The lowest BCUT2D eigenvalue weighted by Crippen LogP contribution is -2.30. The first-order valence-electron chi connectivity index (χ1n) is 4.30. The lowest BCUT2D eigenvalue weighted by Gasteiger charge is -2.09. The summed E-state index contributed by atoms with van der Waals surface area (Å²) in [7, 11) is 0. The van der Waals surface area contributed by atoms with Crippen LogP contribution in [0, 0.1) is 5.82 Å². The second-order valence-electron chi connectivity index (χ2n) is 3.29. The Morgan fingerprint density at radius 3 is 2.71 bits per heavy atom. The number of hydrogen-bond donors (Lipinski definition) is 2. The van der Waals surface area contributed by atoms with Gasteiger partial charge in [0.05, 0.1) is 5.56 Å². The summed E-state index contributed by atoms with van der Waals surface area (Å²) in [5.74, 6) is -0.936. The van der Waals surface area contributed by atoms with E-state index in [4.69, 9.17) is 0 Å². The first-order chi connectivity index (χ1) is 6.50. The van der Waals surface area contributed by atoms with Gasteiger partial charge in [0.2, 0.25) is 0 Å². The molecule has 0 aliphatic carbocycles. The van der Waals surface area contributed by atoms with E-state index in [0.29, 0.717) is 4.90 Å². The zero-order chi connectivity index (χ0) is 10.7. The Balaban J connectivity index is 2.94. The molecule has 14 heavy (non-hydrogen) atoms. The lowest BCUT2D eigenvalue weighted by atomic mass is 10.2. The summed E-state index contributed by atoms with van der Waals surface area (Å²) < 4.78 is 13.2. The zero-order valence-corrected chi connectivity index (χ0v) is 8.94. The van der Waals surface area contributed by atoms with Gasteiger partial charge in [0, 0.05) is 10.9 Å². The fourth-order valence-corrected chi connectivity index (χ4v) is 1.23. The summed E-state index contributed by atoms with van der Waals surface area (Å²) in [4.78, 5) is 12.0. The molecular weight excluding hydrogens is 201 g/mol. The third-order valence-electron chi connectivity index (χ3n) is 1.61. The lowest BCUT2D eigenvalue weighted by molar-refractivity contribution is 0.0939. The normalized spacial score (nSPS) is 10.4. The molecule has 0 aromatic heterocycles. The maximum Gasteiger partial charge on any atom is 0.254 e. The minimum absolute atomic E-state index is 0.00882. The molecule has 0 unspecified atom stereocenters. The number of halogens is 1. The molecule has 0 radical (unpaired) electrons. The van der Waals surface area contributed by atoms with Crippen LogP contribution in [0.3, 0.4) is 0 Å². The topological polar surface area (TPSA) is 29.1 Å². The number of nitrogens with one attached hydrogen (secondary N) is 1. The molecule has 1 aromatic carbocycles. The van der Waals surface area contributed by atoms with Gasteiger partial charge in [0.25, 0.3) is 5.91 Å². The Labute approximate surface area is 87.9 Å². The molecule has 2 nitrogen and oxygen atoms in total. The van der Waals surface area contributed by atoms with E-state index in [0.717, 1.165) is 0 Å². The molecule has 0 spiro atoms. The van der Waals surface area contributed by atoms with E-state index in [2.05, 4.69) is 17.9 Å². The summed E-state index contributed by atoms with van der Waals surface area (Å²) in [5, 5.41) is 2.61. The zero-order valence-electron chi connectivity index (χ0n) is 8.04. The number of amides is 1. The van der Waals surface area contributed by atoms with Gasteiger partial charge >= 0.3 is 0 Å². The van der Waals surface area contributed by atoms with Crippen molar-refractivity contribution in [3.63, 3.8) is 0 Å². The highest BCUT2D eigenvalue weighted by Gasteiger charge is 2.12. The number of hydrogen-bond acceptors (Lipinski definition) is 2. The van der Waals surface area contributed by atoms with Crippen LogP contribution >= 0.6 is 12.6 Å². The number of carbonyl (C=O) groups excluding carboxylic acids is 1. The molecule has 0 fully saturated rings. The SMILES string of the molecule is CC(C)NC(=O)c1cc(S)ccc1F. The number of carbonyl (C=O) groups is 1. The molecule has 1 rings (SSSR count). The van der Waals surface area contributed by atoms with Crippen LogP contribution in [0.5, 0.6) is 0 Å². The Hall–Kier alpha value is -1.03. The fourth-order valence-electron chi connectivity index (χ4n) is 1.03. The molecular formula is C10H12FNOS. The largest absolute Gasteiger partial charge is 0.350 e. The maximum absolute atomic E-state index is 13.2. The molecule has 76 valence electrons. The Kier molecular flexibility index (Phi) is 3.52. The first kappa shape index (κ1) is 11.0. The van der Waals surface area contributed by atoms with Gasteiger partial charge in [-0.2, -0.15) is 0 Å². The van der Waals surface area contributed by atoms with E-state index in [9.17, 15) is 9.18 Å². The minimum atomic E-state index is -0.527. The van der Waals surface area contributed by atoms with Crippen molar-refractivity contribution in [3.05, 3.63) is 29.6 Å². The molecule has 0 heterocycles. The van der Waals surface area contributed by atoms with Crippen molar-refractivity contribution in [3.8, 4) is 0 Å². The van der Waals surface area contributed by atoms with E-state index in [1.165, 1.54) is 18.2 Å². The summed E-state index contributed by atoms with van der Waals surface area (Å²) in [6, 6.07) is 4.14. The quantitative estimate of drug-likeness (QED) is 0.725. The average Bonchev–Trinajstić information content (AvgIpc) is 2.08. The van der Waals surface area contributed by atoms with Gasteiger partial charge in [-0.15, -0.1) is 12.6 Å². The van der Waals surface area contributed by atoms with Crippen LogP contribution < -0.4 is 5.32 Å². The van der Waals surface area contributed by atoms with Crippen molar-refractivity contribution >= 4 is 18.5 Å². The van der Waals surface area contributed by atoms with Gasteiger partial charge in [-0.1, -0.05) is 0 Å². The Morgan fingerprint density at radius 2 is 2.14 bits per heavy atom. The monoisotopic (exact) mass is 213 g/mol. The predicted octanol–water partition coefficient (Wildman–Crippen LogP) is 2.25. The summed E-state index contributed by atoms with van der Waals surface area (Å²) in [5.41, 5.74) is 0.0335. The Bertz CT molecular complexity index is 352. The van der Waals surface area contributed by atoms with Crippen LogP contribution in [0.25, 0.3) is 0 Å². The van der Waals surface area contributed by atoms with Crippen molar-refractivity contribution in [1.82, 2.24) is 5.32 Å². The average molecular weight is 213 g/mol.